The molecular weight excluding hydrogens is 396 g/mol. The van der Waals surface area contributed by atoms with Gasteiger partial charge in [-0.2, -0.15) is 5.10 Å². The predicted molar refractivity (Wildman–Crippen MR) is 120 cm³/mol. The third-order valence-electron chi connectivity index (χ3n) is 5.03. The maximum Gasteiger partial charge on any atom is 0.291 e. The van der Waals surface area contributed by atoms with Gasteiger partial charge in [0, 0.05) is 16.6 Å². The largest absolute Gasteiger partial charge is 0.324 e. The van der Waals surface area contributed by atoms with Crippen LogP contribution in [0.1, 0.15) is 5.82 Å². The summed E-state index contributed by atoms with van der Waals surface area (Å²) in [5.41, 5.74) is 2.87. The molecular formula is C23H18N4O2S. The number of fused-ring (bicyclic) bond motifs is 3. The van der Waals surface area contributed by atoms with E-state index in [2.05, 4.69) is 10.4 Å². The second kappa shape index (κ2) is 7.27. The lowest BCUT2D eigenvalue weighted by Crippen LogP contribution is -2.31. The standard InChI is InChI=1S/C23H18N4O2S/c1-15-25-26(22(29)20-13-17-11-12-30-23(17)27(15)20)14-21(28)24-19-10-6-5-9-18(19)16-7-3-2-4-8-16/h2-13H,14H2,1H3,(H,24,28). The Hall–Kier alpha value is -3.71. The maximum atomic E-state index is 12.9. The van der Waals surface area contributed by atoms with Crippen LogP contribution in [0.25, 0.3) is 26.9 Å². The Labute approximate surface area is 176 Å². The topological polar surface area (TPSA) is 68.4 Å². The van der Waals surface area contributed by atoms with Crippen LogP contribution in [0.15, 0.2) is 76.9 Å². The van der Waals surface area contributed by atoms with Gasteiger partial charge in [0.1, 0.15) is 22.7 Å². The highest BCUT2D eigenvalue weighted by Crippen LogP contribution is 2.27. The second-order valence-electron chi connectivity index (χ2n) is 7.02. The van der Waals surface area contributed by atoms with Crippen LogP contribution in [0.4, 0.5) is 5.69 Å². The number of para-hydroxylation sites is 1. The molecule has 6 nitrogen and oxygen atoms in total. The number of amides is 1. The fourth-order valence-electron chi connectivity index (χ4n) is 3.69. The highest BCUT2D eigenvalue weighted by molar-refractivity contribution is 7.16. The first kappa shape index (κ1) is 18.3. The average molecular weight is 414 g/mol. The Morgan fingerprint density at radius 3 is 2.67 bits per heavy atom. The molecule has 0 aliphatic rings. The molecule has 0 bridgehead atoms. The van der Waals surface area contributed by atoms with Crippen molar-refractivity contribution in [1.29, 1.82) is 0 Å². The molecule has 0 unspecified atom stereocenters. The predicted octanol–water partition coefficient (Wildman–Crippen LogP) is 4.32. The van der Waals surface area contributed by atoms with Crippen molar-refractivity contribution in [3.05, 3.63) is 88.3 Å². The molecule has 3 aromatic heterocycles. The minimum absolute atomic E-state index is 0.155. The molecule has 0 atom stereocenters. The summed E-state index contributed by atoms with van der Waals surface area (Å²) in [5.74, 6) is 0.365. The molecule has 2 aromatic carbocycles. The summed E-state index contributed by atoms with van der Waals surface area (Å²) in [6.45, 7) is 1.68. The van der Waals surface area contributed by atoms with E-state index >= 15 is 0 Å². The maximum absolute atomic E-state index is 12.9. The number of aryl methyl sites for hydroxylation is 1. The lowest BCUT2D eigenvalue weighted by molar-refractivity contribution is -0.117. The van der Waals surface area contributed by atoms with Crippen molar-refractivity contribution >= 4 is 38.7 Å². The number of hydrogen-bond donors (Lipinski definition) is 1. The summed E-state index contributed by atoms with van der Waals surface area (Å²) in [6, 6.07) is 21.3. The number of aromatic nitrogens is 3. The number of anilines is 1. The number of nitrogens with one attached hydrogen (secondary N) is 1. The van der Waals surface area contributed by atoms with Crippen molar-refractivity contribution in [2.75, 3.05) is 5.32 Å². The highest BCUT2D eigenvalue weighted by atomic mass is 32.1. The molecule has 0 aliphatic heterocycles. The molecule has 0 saturated carbocycles. The molecule has 0 fully saturated rings. The van der Waals surface area contributed by atoms with Crippen molar-refractivity contribution in [1.82, 2.24) is 14.2 Å². The van der Waals surface area contributed by atoms with E-state index in [-0.39, 0.29) is 18.0 Å². The van der Waals surface area contributed by atoms with E-state index in [0.717, 1.165) is 21.3 Å². The van der Waals surface area contributed by atoms with Crippen LogP contribution in [-0.2, 0) is 11.3 Å². The van der Waals surface area contributed by atoms with Gasteiger partial charge >= 0.3 is 0 Å². The molecule has 0 spiro atoms. The Kier molecular flexibility index (Phi) is 4.44. The van der Waals surface area contributed by atoms with Crippen LogP contribution >= 0.6 is 11.3 Å². The van der Waals surface area contributed by atoms with Gasteiger partial charge < -0.3 is 5.32 Å². The van der Waals surface area contributed by atoms with Crippen LogP contribution in [-0.4, -0.2) is 20.1 Å². The Morgan fingerprint density at radius 1 is 1.07 bits per heavy atom. The Morgan fingerprint density at radius 2 is 1.83 bits per heavy atom. The number of carbonyl (C=O) groups excluding carboxylic acids is 1. The number of nitrogens with zero attached hydrogens (tertiary/aromatic N) is 3. The quantitative estimate of drug-likeness (QED) is 0.476. The molecule has 1 N–H and O–H groups in total. The zero-order valence-electron chi connectivity index (χ0n) is 16.2. The van der Waals surface area contributed by atoms with Gasteiger partial charge in [0.15, 0.2) is 0 Å². The number of thiophene rings is 1. The molecule has 30 heavy (non-hydrogen) atoms. The fourth-order valence-corrected chi connectivity index (χ4v) is 4.64. The normalized spacial score (nSPS) is 11.2. The molecule has 7 heteroatoms. The molecule has 0 radical (unpaired) electrons. The summed E-state index contributed by atoms with van der Waals surface area (Å²) in [7, 11) is 0. The Balaban J connectivity index is 1.46. The fraction of sp³-hybridized carbons (Fsp3) is 0.0870. The number of benzene rings is 2. The molecule has 5 aromatic rings. The van der Waals surface area contributed by atoms with Gasteiger partial charge in [0.2, 0.25) is 5.91 Å². The zero-order chi connectivity index (χ0) is 20.7. The van der Waals surface area contributed by atoms with E-state index in [4.69, 9.17) is 0 Å². The Bertz CT molecular complexity index is 1450. The molecule has 148 valence electrons. The molecule has 0 aliphatic carbocycles. The van der Waals surface area contributed by atoms with E-state index in [1.54, 1.807) is 11.3 Å². The van der Waals surface area contributed by atoms with Crippen LogP contribution in [0, 0.1) is 6.92 Å². The monoisotopic (exact) mass is 414 g/mol. The summed E-state index contributed by atoms with van der Waals surface area (Å²) >= 11 is 1.56. The van der Waals surface area contributed by atoms with Gasteiger partial charge in [0.05, 0.1) is 0 Å². The SMILES string of the molecule is Cc1nn(CC(=O)Nc2ccccc2-c2ccccc2)c(=O)c2cc3ccsc3n12. The third kappa shape index (κ3) is 3.09. The summed E-state index contributed by atoms with van der Waals surface area (Å²) in [6.07, 6.45) is 0. The minimum atomic E-state index is -0.301. The van der Waals surface area contributed by atoms with Crippen LogP contribution in [0.2, 0.25) is 0 Å². The van der Waals surface area contributed by atoms with Crippen molar-refractivity contribution in [3.8, 4) is 11.1 Å². The third-order valence-corrected chi connectivity index (χ3v) is 5.95. The number of carbonyl (C=O) groups is 1. The smallest absolute Gasteiger partial charge is 0.291 e. The molecule has 0 saturated heterocycles. The van der Waals surface area contributed by atoms with Crippen LogP contribution < -0.4 is 10.9 Å². The van der Waals surface area contributed by atoms with E-state index < -0.39 is 0 Å². The zero-order valence-corrected chi connectivity index (χ0v) is 17.0. The van der Waals surface area contributed by atoms with Gasteiger partial charge in [-0.1, -0.05) is 48.5 Å². The van der Waals surface area contributed by atoms with E-state index in [1.165, 1.54) is 4.68 Å². The lowest BCUT2D eigenvalue weighted by atomic mass is 10.0. The molecule has 5 rings (SSSR count). The van der Waals surface area contributed by atoms with Crippen LogP contribution in [0.5, 0.6) is 0 Å². The van der Waals surface area contributed by atoms with Gasteiger partial charge in [-0.25, -0.2) is 4.68 Å². The first-order valence-corrected chi connectivity index (χ1v) is 10.4. The van der Waals surface area contributed by atoms with Crippen molar-refractivity contribution in [2.24, 2.45) is 0 Å². The second-order valence-corrected chi connectivity index (χ2v) is 7.91. The van der Waals surface area contributed by atoms with Crippen LogP contribution in [0.3, 0.4) is 0 Å². The average Bonchev–Trinajstić information content (AvgIpc) is 3.34. The molecule has 1 amide bonds. The minimum Gasteiger partial charge on any atom is -0.324 e. The summed E-state index contributed by atoms with van der Waals surface area (Å²) in [5, 5.41) is 10.3. The van der Waals surface area contributed by atoms with Crippen molar-refractivity contribution in [3.63, 3.8) is 0 Å². The summed E-state index contributed by atoms with van der Waals surface area (Å²) < 4.78 is 3.08. The summed E-state index contributed by atoms with van der Waals surface area (Å²) in [4.78, 5) is 26.7. The van der Waals surface area contributed by atoms with Gasteiger partial charge in [0.25, 0.3) is 5.56 Å². The van der Waals surface area contributed by atoms with Gasteiger partial charge in [-0.3, -0.25) is 14.0 Å². The number of rotatable bonds is 4. The first-order valence-electron chi connectivity index (χ1n) is 9.52. The number of hydrogen-bond acceptors (Lipinski definition) is 4. The van der Waals surface area contributed by atoms with E-state index in [1.807, 2.05) is 83.4 Å². The van der Waals surface area contributed by atoms with Gasteiger partial charge in [-0.15, -0.1) is 11.3 Å². The molecule has 3 heterocycles. The van der Waals surface area contributed by atoms with Crippen molar-refractivity contribution < 1.29 is 4.79 Å². The first-order chi connectivity index (χ1) is 14.6. The van der Waals surface area contributed by atoms with E-state index in [0.29, 0.717) is 17.0 Å². The van der Waals surface area contributed by atoms with E-state index in [9.17, 15) is 9.59 Å². The highest BCUT2D eigenvalue weighted by Gasteiger charge is 2.15. The lowest BCUT2D eigenvalue weighted by Gasteiger charge is -2.12. The van der Waals surface area contributed by atoms with Crippen molar-refractivity contribution in [2.45, 2.75) is 13.5 Å². The van der Waals surface area contributed by atoms with Gasteiger partial charge in [-0.05, 0) is 36.1 Å².